The fourth-order valence-electron chi connectivity index (χ4n) is 1.28. The number of carbonyl (C=O) groups is 1. The van der Waals surface area contributed by atoms with Crippen LogP contribution in [0.4, 0.5) is 0 Å². The summed E-state index contributed by atoms with van der Waals surface area (Å²) in [6.07, 6.45) is 6.05. The highest BCUT2D eigenvalue weighted by molar-refractivity contribution is 9.10. The van der Waals surface area contributed by atoms with Crippen molar-refractivity contribution in [3.8, 4) is 0 Å². The molecule has 0 saturated carbocycles. The van der Waals surface area contributed by atoms with Gasteiger partial charge in [0.2, 0.25) is 0 Å². The van der Waals surface area contributed by atoms with E-state index in [0.717, 1.165) is 21.9 Å². The summed E-state index contributed by atoms with van der Waals surface area (Å²) in [6.45, 7) is 0. The molecule has 15 heavy (non-hydrogen) atoms. The number of hydrogen-bond acceptors (Lipinski definition) is 2. The molecule has 0 aliphatic rings. The lowest BCUT2D eigenvalue weighted by Gasteiger charge is -1.96. The summed E-state index contributed by atoms with van der Waals surface area (Å²) in [5.74, 6) is -0.972. The maximum Gasteiger partial charge on any atom is 0.328 e. The van der Waals surface area contributed by atoms with Gasteiger partial charge in [0.05, 0.1) is 16.4 Å². The highest BCUT2D eigenvalue weighted by Crippen LogP contribution is 2.17. The van der Waals surface area contributed by atoms with Gasteiger partial charge in [-0.25, -0.2) is 9.78 Å². The Labute approximate surface area is 94.0 Å². The van der Waals surface area contributed by atoms with E-state index in [2.05, 4.69) is 20.9 Å². The number of fused-ring (bicyclic) bond motifs is 1. The minimum absolute atomic E-state index is 0.730. The maximum absolute atomic E-state index is 10.4. The number of nitrogens with zero attached hydrogens (tertiary/aromatic N) is 2. The van der Waals surface area contributed by atoms with Crippen LogP contribution < -0.4 is 0 Å². The van der Waals surface area contributed by atoms with Gasteiger partial charge in [0.1, 0.15) is 0 Å². The molecule has 0 radical (unpaired) electrons. The third-order valence-electron chi connectivity index (χ3n) is 1.91. The van der Waals surface area contributed by atoms with Crippen molar-refractivity contribution in [3.05, 3.63) is 40.8 Å². The van der Waals surface area contributed by atoms with Gasteiger partial charge in [-0.05, 0) is 34.1 Å². The molecular weight excluding hydrogens is 260 g/mol. The van der Waals surface area contributed by atoms with Crippen molar-refractivity contribution in [1.29, 1.82) is 0 Å². The Morgan fingerprint density at radius 2 is 2.40 bits per heavy atom. The van der Waals surface area contributed by atoms with Crippen LogP contribution in [0.2, 0.25) is 0 Å². The average Bonchev–Trinajstić information content (AvgIpc) is 2.59. The molecule has 0 atom stereocenters. The van der Waals surface area contributed by atoms with Crippen molar-refractivity contribution in [2.45, 2.75) is 0 Å². The number of carboxylic acid groups (broad SMARTS) is 1. The first-order valence-electron chi connectivity index (χ1n) is 4.21. The van der Waals surface area contributed by atoms with Gasteiger partial charge < -0.3 is 5.11 Å². The molecule has 1 N–H and O–H groups in total. The molecule has 2 aromatic rings. The molecule has 0 fully saturated rings. The molecule has 0 aliphatic heterocycles. The van der Waals surface area contributed by atoms with Gasteiger partial charge in [0, 0.05) is 12.3 Å². The Hall–Kier alpha value is -1.62. The van der Waals surface area contributed by atoms with E-state index >= 15 is 0 Å². The Kier molecular flexibility index (Phi) is 2.55. The summed E-state index contributed by atoms with van der Waals surface area (Å²) < 4.78 is 2.68. The molecule has 0 bridgehead atoms. The van der Waals surface area contributed by atoms with Crippen molar-refractivity contribution in [2.75, 3.05) is 0 Å². The van der Waals surface area contributed by atoms with Crippen LogP contribution in [0.5, 0.6) is 0 Å². The van der Waals surface area contributed by atoms with Crippen LogP contribution in [0.3, 0.4) is 0 Å². The van der Waals surface area contributed by atoms with Crippen LogP contribution in [0.1, 0.15) is 5.69 Å². The van der Waals surface area contributed by atoms with Crippen molar-refractivity contribution in [2.24, 2.45) is 0 Å². The lowest BCUT2D eigenvalue weighted by atomic mass is 10.4. The molecule has 4 nitrogen and oxygen atoms in total. The summed E-state index contributed by atoms with van der Waals surface area (Å²) in [5, 5.41) is 8.51. The minimum atomic E-state index is -0.972. The van der Waals surface area contributed by atoms with Crippen LogP contribution in [0.25, 0.3) is 11.7 Å². The second-order valence-electron chi connectivity index (χ2n) is 2.90. The zero-order valence-electron chi connectivity index (χ0n) is 7.59. The fourth-order valence-corrected chi connectivity index (χ4v) is 1.72. The summed E-state index contributed by atoms with van der Waals surface area (Å²) in [4.78, 5) is 14.5. The normalized spacial score (nSPS) is 11.3. The van der Waals surface area contributed by atoms with Crippen LogP contribution in [-0.2, 0) is 4.79 Å². The van der Waals surface area contributed by atoms with Crippen LogP contribution in [0, 0.1) is 0 Å². The zero-order chi connectivity index (χ0) is 10.8. The molecule has 0 amide bonds. The molecule has 76 valence electrons. The second-order valence-corrected chi connectivity index (χ2v) is 3.76. The van der Waals surface area contributed by atoms with E-state index in [9.17, 15) is 4.79 Å². The lowest BCUT2D eigenvalue weighted by Crippen LogP contribution is -1.89. The summed E-state index contributed by atoms with van der Waals surface area (Å²) in [7, 11) is 0. The van der Waals surface area contributed by atoms with Gasteiger partial charge in [-0.15, -0.1) is 0 Å². The van der Waals surface area contributed by atoms with Crippen LogP contribution in [0.15, 0.2) is 35.1 Å². The summed E-state index contributed by atoms with van der Waals surface area (Å²) in [6, 6.07) is 3.74. The quantitative estimate of drug-likeness (QED) is 0.848. The lowest BCUT2D eigenvalue weighted by molar-refractivity contribution is -0.131. The van der Waals surface area contributed by atoms with E-state index in [1.165, 1.54) is 6.08 Å². The number of aromatic nitrogens is 2. The zero-order valence-corrected chi connectivity index (χ0v) is 9.18. The monoisotopic (exact) mass is 266 g/mol. The number of carboxylic acids is 1. The van der Waals surface area contributed by atoms with Crippen LogP contribution >= 0.6 is 15.9 Å². The molecular formula is C10H7BrN2O2. The highest BCUT2D eigenvalue weighted by atomic mass is 79.9. The molecule has 5 heteroatoms. The molecule has 2 aromatic heterocycles. The molecule has 0 aromatic carbocycles. The second kappa shape index (κ2) is 3.86. The third-order valence-corrected chi connectivity index (χ3v) is 2.53. The van der Waals surface area contributed by atoms with Gasteiger partial charge in [-0.2, -0.15) is 0 Å². The van der Waals surface area contributed by atoms with E-state index in [-0.39, 0.29) is 0 Å². The van der Waals surface area contributed by atoms with Crippen LogP contribution in [-0.4, -0.2) is 20.5 Å². The van der Waals surface area contributed by atoms with Crippen molar-refractivity contribution < 1.29 is 9.90 Å². The van der Waals surface area contributed by atoms with E-state index in [4.69, 9.17) is 5.11 Å². The van der Waals surface area contributed by atoms with Gasteiger partial charge in [-0.3, -0.25) is 4.40 Å². The number of halogens is 1. The largest absolute Gasteiger partial charge is 0.478 e. The van der Waals surface area contributed by atoms with Crippen molar-refractivity contribution >= 4 is 33.6 Å². The van der Waals surface area contributed by atoms with E-state index in [1.54, 1.807) is 6.20 Å². The topological polar surface area (TPSA) is 54.6 Å². The molecule has 2 heterocycles. The smallest absolute Gasteiger partial charge is 0.328 e. The molecule has 0 spiro atoms. The minimum Gasteiger partial charge on any atom is -0.478 e. The average molecular weight is 267 g/mol. The Morgan fingerprint density at radius 3 is 3.13 bits per heavy atom. The molecule has 0 aliphatic carbocycles. The first kappa shape index (κ1) is 9.92. The fraction of sp³-hybridized carbons (Fsp3) is 0. The number of imidazole rings is 1. The van der Waals surface area contributed by atoms with E-state index in [0.29, 0.717) is 0 Å². The van der Waals surface area contributed by atoms with Gasteiger partial charge in [-0.1, -0.05) is 0 Å². The SMILES string of the molecule is O=C(O)/C=C/c1cnc2c(Br)cccn12. The Bertz CT molecular complexity index is 545. The van der Waals surface area contributed by atoms with E-state index in [1.807, 2.05) is 22.7 Å². The number of rotatable bonds is 2. The first-order valence-corrected chi connectivity index (χ1v) is 5.00. The predicted molar refractivity (Wildman–Crippen MR) is 59.6 cm³/mol. The predicted octanol–water partition coefficient (Wildman–Crippen LogP) is 2.19. The van der Waals surface area contributed by atoms with Gasteiger partial charge >= 0.3 is 5.97 Å². The maximum atomic E-state index is 10.4. The first-order chi connectivity index (χ1) is 7.18. The standard InChI is InChI=1S/C10H7BrN2O2/c11-8-2-1-5-13-7(3-4-9(14)15)6-12-10(8)13/h1-6H,(H,14,15)/b4-3+. The van der Waals surface area contributed by atoms with Crippen molar-refractivity contribution in [1.82, 2.24) is 9.38 Å². The number of aliphatic carboxylic acids is 1. The third kappa shape index (κ3) is 1.92. The van der Waals surface area contributed by atoms with E-state index < -0.39 is 5.97 Å². The summed E-state index contributed by atoms with van der Waals surface area (Å²) >= 11 is 3.37. The molecule has 0 saturated heterocycles. The highest BCUT2D eigenvalue weighted by Gasteiger charge is 2.02. The number of hydrogen-bond donors (Lipinski definition) is 1. The molecule has 2 rings (SSSR count). The Morgan fingerprint density at radius 1 is 1.60 bits per heavy atom. The molecule has 0 unspecified atom stereocenters. The van der Waals surface area contributed by atoms with Crippen molar-refractivity contribution in [3.63, 3.8) is 0 Å². The Balaban J connectivity index is 2.54. The summed E-state index contributed by atoms with van der Waals surface area (Å²) in [5.41, 5.74) is 1.50. The number of pyridine rings is 1. The van der Waals surface area contributed by atoms with Gasteiger partial charge in [0.15, 0.2) is 5.65 Å². The van der Waals surface area contributed by atoms with Gasteiger partial charge in [0.25, 0.3) is 0 Å².